The fraction of sp³-hybridized carbons (Fsp3) is 0.263. The molecular formula is C38H40N4Na2O6S2. The summed E-state index contributed by atoms with van der Waals surface area (Å²) in [6.07, 6.45) is 8.48. The zero-order valence-corrected chi connectivity index (χ0v) is 35.7. The molecule has 14 heteroatoms. The van der Waals surface area contributed by atoms with Crippen LogP contribution in [0.2, 0.25) is 0 Å². The minimum atomic E-state index is -4.22. The van der Waals surface area contributed by atoms with E-state index in [4.69, 9.17) is 9.97 Å². The molecular weight excluding hydrogens is 719 g/mol. The largest absolute Gasteiger partial charge is 1.00 e. The van der Waals surface area contributed by atoms with Crippen LogP contribution < -0.4 is 68.9 Å². The van der Waals surface area contributed by atoms with Gasteiger partial charge in [0, 0.05) is 59.8 Å². The normalized spacial score (nSPS) is 11.9. The Kier molecular flexibility index (Phi) is 17.0. The van der Waals surface area contributed by atoms with Crippen LogP contribution in [0.1, 0.15) is 49.2 Å². The van der Waals surface area contributed by atoms with E-state index in [9.17, 15) is 25.9 Å². The first-order valence-corrected chi connectivity index (χ1v) is 19.7. The van der Waals surface area contributed by atoms with Crippen molar-refractivity contribution in [2.24, 2.45) is 0 Å². The molecule has 5 aromatic rings. The van der Waals surface area contributed by atoms with E-state index in [1.54, 1.807) is 0 Å². The van der Waals surface area contributed by atoms with Gasteiger partial charge in [-0.3, -0.25) is 0 Å². The molecule has 0 atom stereocenters. The molecule has 0 bridgehead atoms. The van der Waals surface area contributed by atoms with E-state index in [0.29, 0.717) is 26.2 Å². The molecule has 0 spiro atoms. The Morgan fingerprint density at radius 1 is 0.538 bits per heavy atom. The summed E-state index contributed by atoms with van der Waals surface area (Å²) in [5.74, 6) is -0.738. The second-order valence-electron chi connectivity index (χ2n) is 11.9. The first-order valence-electron chi connectivity index (χ1n) is 16.5. The summed E-state index contributed by atoms with van der Waals surface area (Å²) in [5.41, 5.74) is 7.10. The van der Waals surface area contributed by atoms with Crippen molar-refractivity contribution >= 4 is 77.7 Å². The number of hydrogen-bond acceptors (Lipinski definition) is 10. The fourth-order valence-electron chi connectivity index (χ4n) is 5.74. The first-order chi connectivity index (χ1) is 23.9. The van der Waals surface area contributed by atoms with Crippen LogP contribution in [0.3, 0.4) is 0 Å². The van der Waals surface area contributed by atoms with Crippen LogP contribution in [0, 0.1) is 0 Å². The number of aromatic nitrogens is 2. The van der Waals surface area contributed by atoms with Crippen LogP contribution in [0.15, 0.2) is 84.9 Å². The summed E-state index contributed by atoms with van der Waals surface area (Å²) in [6, 6.07) is 28.0. The maximum absolute atomic E-state index is 11.0. The molecule has 2 heterocycles. The van der Waals surface area contributed by atoms with Crippen molar-refractivity contribution < 1.29 is 85.1 Å². The third kappa shape index (κ3) is 13.0. The Hall–Kier alpha value is -2.62. The van der Waals surface area contributed by atoms with Crippen molar-refractivity contribution in [2.75, 3.05) is 47.5 Å². The van der Waals surface area contributed by atoms with Crippen molar-refractivity contribution in [2.45, 2.75) is 26.7 Å². The van der Waals surface area contributed by atoms with Crippen LogP contribution in [-0.4, -0.2) is 73.6 Å². The monoisotopic (exact) mass is 758 g/mol. The molecule has 262 valence electrons. The average molecular weight is 759 g/mol. The summed E-state index contributed by atoms with van der Waals surface area (Å²) in [7, 11) is -8.44. The average Bonchev–Trinajstić information content (AvgIpc) is 3.09. The Bertz CT molecular complexity index is 2060. The molecule has 0 saturated heterocycles. The van der Waals surface area contributed by atoms with Gasteiger partial charge < -0.3 is 18.9 Å². The molecule has 52 heavy (non-hydrogen) atoms. The smallest absolute Gasteiger partial charge is 0.748 e. The number of benzene rings is 3. The van der Waals surface area contributed by atoms with E-state index < -0.39 is 20.2 Å². The molecule has 0 fully saturated rings. The van der Waals surface area contributed by atoms with Crippen molar-refractivity contribution in [3.05, 3.63) is 107 Å². The maximum atomic E-state index is 11.0. The van der Waals surface area contributed by atoms with Crippen LogP contribution in [0.5, 0.6) is 0 Å². The van der Waals surface area contributed by atoms with E-state index in [1.807, 2.05) is 133 Å². The Morgan fingerprint density at radius 2 is 0.885 bits per heavy atom. The van der Waals surface area contributed by atoms with Crippen LogP contribution in [0.25, 0.3) is 46.1 Å². The summed E-state index contributed by atoms with van der Waals surface area (Å²) in [4.78, 5) is 14.0. The Balaban J connectivity index is 0.00000364. The first kappa shape index (κ1) is 43.8. The number of anilines is 2. The number of hydrogen-bond donors (Lipinski definition) is 0. The second kappa shape index (κ2) is 20.2. The molecule has 0 radical (unpaired) electrons. The molecule has 0 aliphatic rings. The molecule has 10 nitrogen and oxygen atoms in total. The second-order valence-corrected chi connectivity index (χ2v) is 15.0. The Labute approximate surface area is 351 Å². The number of nitrogens with zero attached hydrogens (tertiary/aromatic N) is 4. The Morgan fingerprint density at radius 3 is 1.21 bits per heavy atom. The number of pyridine rings is 2. The van der Waals surface area contributed by atoms with Crippen molar-refractivity contribution in [3.63, 3.8) is 0 Å². The summed E-state index contributed by atoms with van der Waals surface area (Å²) in [6.45, 7) is 6.36. The molecule has 0 unspecified atom stereocenters. The van der Waals surface area contributed by atoms with Crippen molar-refractivity contribution in [3.8, 4) is 0 Å². The van der Waals surface area contributed by atoms with Crippen LogP contribution in [-0.2, 0) is 20.2 Å². The zero-order chi connectivity index (χ0) is 35.7. The molecule has 0 amide bonds. The molecule has 3 aromatic carbocycles. The minimum Gasteiger partial charge on any atom is -0.748 e. The van der Waals surface area contributed by atoms with Crippen molar-refractivity contribution in [1.29, 1.82) is 0 Å². The van der Waals surface area contributed by atoms with Gasteiger partial charge >= 0.3 is 59.1 Å². The van der Waals surface area contributed by atoms with Gasteiger partial charge in [0.25, 0.3) is 0 Å². The molecule has 0 N–H and O–H groups in total. The maximum Gasteiger partial charge on any atom is 1.00 e. The van der Waals surface area contributed by atoms with Crippen LogP contribution in [0.4, 0.5) is 11.4 Å². The minimum absolute atomic E-state index is 0. The van der Waals surface area contributed by atoms with E-state index in [2.05, 4.69) is 0 Å². The SMILES string of the molecule is CCN(CCCS(=O)(=O)[O-])c1ccc(/C=C/c2ccc3ccc4ccc(/C=C/c5ccc(N(CC)CCCS(=O)(=O)[O-])cc5)nc4c3n2)cc1.[Na+].[Na+]. The van der Waals surface area contributed by atoms with Gasteiger partial charge in [0.05, 0.1) is 42.7 Å². The van der Waals surface area contributed by atoms with Gasteiger partial charge in [-0.15, -0.1) is 0 Å². The van der Waals surface area contributed by atoms with Gasteiger partial charge in [-0.25, -0.2) is 26.8 Å². The van der Waals surface area contributed by atoms with Gasteiger partial charge in [-0.05, 0) is 86.4 Å². The van der Waals surface area contributed by atoms with Gasteiger partial charge in [0.2, 0.25) is 0 Å². The van der Waals surface area contributed by atoms with Crippen molar-refractivity contribution in [1.82, 2.24) is 9.97 Å². The van der Waals surface area contributed by atoms with Gasteiger partial charge in [-0.2, -0.15) is 0 Å². The van der Waals surface area contributed by atoms with Crippen LogP contribution >= 0.6 is 0 Å². The summed E-state index contributed by atoms with van der Waals surface area (Å²) >= 11 is 0. The van der Waals surface area contributed by atoms with E-state index in [1.165, 1.54) is 0 Å². The predicted octanol–water partition coefficient (Wildman–Crippen LogP) is 0.655. The third-order valence-electron chi connectivity index (χ3n) is 8.38. The molecule has 0 aliphatic heterocycles. The van der Waals surface area contributed by atoms with Gasteiger partial charge in [0.15, 0.2) is 0 Å². The predicted molar refractivity (Wildman–Crippen MR) is 202 cm³/mol. The standard InChI is InChI=1S/C38H42N4O6S2.2Na/c1-3-41(25-5-27-49(43,44)45)35-21-9-29(10-22-35)7-17-33-19-15-31-13-14-32-16-20-34(40-38(32)37(31)39-33)18-8-30-11-23-36(24-12-30)42(4-2)26-6-28-50(46,47)48;;/h7-24H,3-6,25-28H2,1-2H3,(H,43,44,45)(H,46,47,48);;/q;2*+1/p-2/b17-7+,18-8+;;. The van der Waals surface area contributed by atoms with Gasteiger partial charge in [0.1, 0.15) is 0 Å². The number of fused-ring (bicyclic) bond motifs is 3. The molecule has 0 saturated carbocycles. The number of rotatable bonds is 16. The molecule has 5 rings (SSSR count). The molecule has 2 aromatic heterocycles. The zero-order valence-electron chi connectivity index (χ0n) is 30.1. The van der Waals surface area contributed by atoms with E-state index in [-0.39, 0.29) is 83.5 Å². The van der Waals surface area contributed by atoms with E-state index in [0.717, 1.165) is 55.7 Å². The summed E-state index contributed by atoms with van der Waals surface area (Å²) in [5, 5.41) is 1.97. The fourth-order valence-corrected chi connectivity index (χ4v) is 6.71. The topological polar surface area (TPSA) is 147 Å². The summed E-state index contributed by atoms with van der Waals surface area (Å²) < 4.78 is 65.8. The van der Waals surface area contributed by atoms with E-state index >= 15 is 0 Å². The third-order valence-corrected chi connectivity index (χ3v) is 9.96. The van der Waals surface area contributed by atoms with Gasteiger partial charge in [-0.1, -0.05) is 60.7 Å². The molecule has 0 aliphatic carbocycles. The quantitative estimate of drug-likeness (QED) is 0.0799.